The van der Waals surface area contributed by atoms with Crippen LogP contribution in [0.25, 0.3) is 10.8 Å². The van der Waals surface area contributed by atoms with Gasteiger partial charge in [0.05, 0.1) is 11.5 Å². The lowest BCUT2D eigenvalue weighted by molar-refractivity contribution is 0.122. The Morgan fingerprint density at radius 1 is 1.06 bits per heavy atom. The molecule has 6 heteroatoms. The Kier molecular flexibility index (Phi) is 8.20. The zero-order valence-electron chi connectivity index (χ0n) is 19.8. The summed E-state index contributed by atoms with van der Waals surface area (Å²) >= 11 is 0. The van der Waals surface area contributed by atoms with E-state index in [9.17, 15) is 5.11 Å². The maximum Gasteiger partial charge on any atom is 0.223 e. The van der Waals surface area contributed by atoms with Gasteiger partial charge in [-0.05, 0) is 87.9 Å². The van der Waals surface area contributed by atoms with Gasteiger partial charge >= 0.3 is 0 Å². The van der Waals surface area contributed by atoms with Crippen molar-refractivity contribution in [2.24, 2.45) is 0 Å². The Morgan fingerprint density at radius 3 is 2.59 bits per heavy atom. The van der Waals surface area contributed by atoms with Gasteiger partial charge in [0.1, 0.15) is 11.9 Å². The Bertz CT molecular complexity index is 860. The Balaban J connectivity index is 1.60. The van der Waals surface area contributed by atoms with Gasteiger partial charge < -0.3 is 20.5 Å². The van der Waals surface area contributed by atoms with Crippen molar-refractivity contribution in [3.63, 3.8) is 0 Å². The van der Waals surface area contributed by atoms with Crippen LogP contribution in [0.3, 0.4) is 0 Å². The fourth-order valence-corrected chi connectivity index (χ4v) is 5.11. The van der Waals surface area contributed by atoms with Crippen LogP contribution < -0.4 is 15.4 Å². The third-order valence-corrected chi connectivity index (χ3v) is 7.10. The number of fused-ring (bicyclic) bond motifs is 1. The lowest BCUT2D eigenvalue weighted by Crippen LogP contribution is -2.34. The van der Waals surface area contributed by atoms with Crippen LogP contribution in [0.1, 0.15) is 89.5 Å². The van der Waals surface area contributed by atoms with Crippen molar-refractivity contribution >= 4 is 16.6 Å². The van der Waals surface area contributed by atoms with Crippen molar-refractivity contribution in [3.05, 3.63) is 24.0 Å². The van der Waals surface area contributed by atoms with Crippen molar-refractivity contribution in [1.29, 1.82) is 0 Å². The summed E-state index contributed by atoms with van der Waals surface area (Å²) in [5, 5.41) is 19.2. The second-order valence-electron chi connectivity index (χ2n) is 9.75. The van der Waals surface area contributed by atoms with Gasteiger partial charge in [0.25, 0.3) is 0 Å². The molecule has 2 aliphatic rings. The van der Waals surface area contributed by atoms with Crippen LogP contribution in [0.5, 0.6) is 5.88 Å². The molecule has 1 saturated carbocycles. The molecule has 0 bridgehead atoms. The summed E-state index contributed by atoms with van der Waals surface area (Å²) < 4.78 is 6.36. The summed E-state index contributed by atoms with van der Waals surface area (Å²) in [6, 6.07) is 2.59. The van der Waals surface area contributed by atoms with Gasteiger partial charge in [0.15, 0.2) is 0 Å². The van der Waals surface area contributed by atoms with Crippen molar-refractivity contribution in [3.8, 4) is 5.88 Å². The Labute approximate surface area is 192 Å². The number of rotatable bonds is 9. The number of ether oxygens (including phenoxy) is 1. The first-order valence-corrected chi connectivity index (χ1v) is 12.7. The van der Waals surface area contributed by atoms with Crippen LogP contribution in [0, 0.1) is 0 Å². The normalized spacial score (nSPS) is 23.2. The summed E-state index contributed by atoms with van der Waals surface area (Å²) in [5.41, 5.74) is 1.27. The van der Waals surface area contributed by atoms with Crippen LogP contribution in [0.15, 0.2) is 18.5 Å². The van der Waals surface area contributed by atoms with E-state index in [0.29, 0.717) is 17.8 Å². The predicted octanol–water partition coefficient (Wildman–Crippen LogP) is 5.16. The number of nitrogens with zero attached hydrogens (tertiary/aromatic N) is 2. The standard InChI is InChI=1S/C26H40N4O2/c1-3-4-5-6-18(2)30-25-15-22-23(19-7-9-20(31)10-8-19)16-29-26(24(22)17-28-25)32-21-11-13-27-14-12-21/h15-21,27,31H,3-14H2,1-2H3,(H,28,30)/t18-,19?,20?/m0/s1. The average molecular weight is 441 g/mol. The third kappa shape index (κ3) is 5.90. The van der Waals surface area contributed by atoms with Gasteiger partial charge in [-0.25, -0.2) is 9.97 Å². The summed E-state index contributed by atoms with van der Waals surface area (Å²) in [7, 11) is 0. The van der Waals surface area contributed by atoms with E-state index in [-0.39, 0.29) is 12.2 Å². The molecule has 0 radical (unpaired) electrons. The third-order valence-electron chi connectivity index (χ3n) is 7.10. The molecule has 4 rings (SSSR count). The second kappa shape index (κ2) is 11.3. The highest BCUT2D eigenvalue weighted by Crippen LogP contribution is 2.39. The predicted molar refractivity (Wildman–Crippen MR) is 131 cm³/mol. The van der Waals surface area contributed by atoms with Crippen molar-refractivity contribution < 1.29 is 9.84 Å². The van der Waals surface area contributed by atoms with E-state index in [1.807, 2.05) is 12.4 Å². The fraction of sp³-hybridized carbons (Fsp3) is 0.692. The number of anilines is 1. The van der Waals surface area contributed by atoms with Crippen molar-refractivity contribution in [2.75, 3.05) is 18.4 Å². The Morgan fingerprint density at radius 2 is 1.84 bits per heavy atom. The van der Waals surface area contributed by atoms with Gasteiger partial charge in [-0.2, -0.15) is 0 Å². The van der Waals surface area contributed by atoms with Gasteiger partial charge in [-0.15, -0.1) is 0 Å². The summed E-state index contributed by atoms with van der Waals surface area (Å²) in [4.78, 5) is 9.51. The number of aliphatic hydroxyl groups is 1. The zero-order valence-corrected chi connectivity index (χ0v) is 19.8. The van der Waals surface area contributed by atoms with E-state index >= 15 is 0 Å². The summed E-state index contributed by atoms with van der Waals surface area (Å²) in [6.07, 6.45) is 14.7. The molecule has 2 fully saturated rings. The van der Waals surface area contributed by atoms with E-state index in [4.69, 9.17) is 14.7 Å². The van der Waals surface area contributed by atoms with Crippen LogP contribution >= 0.6 is 0 Å². The molecule has 0 spiro atoms. The number of hydrogen-bond acceptors (Lipinski definition) is 6. The van der Waals surface area contributed by atoms with Gasteiger partial charge in [-0.1, -0.05) is 26.2 Å². The first kappa shape index (κ1) is 23.2. The molecule has 1 saturated heterocycles. The van der Waals surface area contributed by atoms with Gasteiger partial charge in [0.2, 0.25) is 5.88 Å². The van der Waals surface area contributed by atoms with Crippen LogP contribution in [0.4, 0.5) is 5.82 Å². The number of aliphatic hydroxyl groups excluding tert-OH is 1. The minimum absolute atomic E-state index is 0.157. The highest BCUT2D eigenvalue weighted by molar-refractivity contribution is 5.91. The lowest BCUT2D eigenvalue weighted by Gasteiger charge is -2.28. The number of unbranched alkanes of at least 4 members (excludes halogenated alkanes) is 2. The lowest BCUT2D eigenvalue weighted by atomic mass is 9.82. The summed E-state index contributed by atoms with van der Waals surface area (Å²) in [5.74, 6) is 2.07. The topological polar surface area (TPSA) is 79.3 Å². The van der Waals surface area contributed by atoms with Crippen molar-refractivity contribution in [2.45, 2.75) is 102 Å². The second-order valence-corrected chi connectivity index (χ2v) is 9.75. The zero-order chi connectivity index (χ0) is 22.3. The highest BCUT2D eigenvalue weighted by Gasteiger charge is 2.25. The molecule has 3 N–H and O–H groups in total. The number of pyridine rings is 2. The fourth-order valence-electron chi connectivity index (χ4n) is 5.11. The molecule has 2 aromatic heterocycles. The molecule has 2 aromatic rings. The van der Waals surface area contributed by atoms with Gasteiger partial charge in [-0.3, -0.25) is 0 Å². The largest absolute Gasteiger partial charge is 0.474 e. The van der Waals surface area contributed by atoms with E-state index in [1.165, 1.54) is 30.2 Å². The monoisotopic (exact) mass is 440 g/mol. The minimum Gasteiger partial charge on any atom is -0.474 e. The van der Waals surface area contributed by atoms with Crippen molar-refractivity contribution in [1.82, 2.24) is 15.3 Å². The highest BCUT2D eigenvalue weighted by atomic mass is 16.5. The SMILES string of the molecule is CCCCC[C@H](C)Nc1cc2c(C3CCC(O)CC3)cnc(OC3CCNCC3)c2cn1. The van der Waals surface area contributed by atoms with Crippen LogP contribution in [-0.2, 0) is 0 Å². The molecule has 6 nitrogen and oxygen atoms in total. The smallest absolute Gasteiger partial charge is 0.223 e. The summed E-state index contributed by atoms with van der Waals surface area (Å²) in [6.45, 7) is 6.47. The molecular formula is C26H40N4O2. The quantitative estimate of drug-likeness (QED) is 0.468. The van der Waals surface area contributed by atoms with Crippen LogP contribution in [-0.4, -0.2) is 46.4 Å². The van der Waals surface area contributed by atoms with E-state index in [0.717, 1.165) is 69.2 Å². The molecule has 176 valence electrons. The maximum atomic E-state index is 9.98. The number of nitrogens with one attached hydrogen (secondary N) is 2. The molecule has 0 aromatic carbocycles. The molecular weight excluding hydrogens is 400 g/mol. The first-order chi connectivity index (χ1) is 15.6. The molecule has 3 heterocycles. The van der Waals surface area contributed by atoms with Gasteiger partial charge in [0, 0.05) is 18.4 Å². The first-order valence-electron chi connectivity index (χ1n) is 12.7. The molecule has 0 amide bonds. The Hall–Kier alpha value is -1.92. The number of aromatic nitrogens is 2. The average Bonchev–Trinajstić information content (AvgIpc) is 2.81. The molecule has 1 aliphatic carbocycles. The molecule has 1 atom stereocenters. The van der Waals surface area contributed by atoms with E-state index in [1.54, 1.807) is 0 Å². The van der Waals surface area contributed by atoms with Crippen LogP contribution in [0.2, 0.25) is 0 Å². The van der Waals surface area contributed by atoms with E-state index in [2.05, 4.69) is 30.5 Å². The maximum absolute atomic E-state index is 9.98. The van der Waals surface area contributed by atoms with E-state index < -0.39 is 0 Å². The number of piperidine rings is 1. The molecule has 1 aliphatic heterocycles. The molecule has 32 heavy (non-hydrogen) atoms. The molecule has 0 unspecified atom stereocenters. The number of hydrogen-bond donors (Lipinski definition) is 3. The minimum atomic E-state index is -0.157.